The molecule has 0 bridgehead atoms. The fourth-order valence-corrected chi connectivity index (χ4v) is 8.76. The molecule has 37 heavy (non-hydrogen) atoms. The Balaban J connectivity index is 1.39. The Morgan fingerprint density at radius 3 is 2.57 bits per heavy atom. The van der Waals surface area contributed by atoms with Gasteiger partial charge in [0.25, 0.3) is 5.91 Å². The molecule has 200 valence electrons. The van der Waals surface area contributed by atoms with E-state index in [0.29, 0.717) is 12.1 Å². The number of anilines is 1. The molecule has 8 heteroatoms. The maximum Gasteiger partial charge on any atom is 0.255 e. The van der Waals surface area contributed by atoms with Gasteiger partial charge in [0.15, 0.2) is 8.32 Å². The van der Waals surface area contributed by atoms with Gasteiger partial charge in [-0.15, -0.1) is 0 Å². The van der Waals surface area contributed by atoms with Crippen LogP contribution in [0.25, 0.3) is 0 Å². The van der Waals surface area contributed by atoms with Gasteiger partial charge in [-0.1, -0.05) is 37.3 Å². The van der Waals surface area contributed by atoms with Crippen LogP contribution in [-0.2, 0) is 16.0 Å². The molecule has 2 aromatic carbocycles. The van der Waals surface area contributed by atoms with E-state index in [1.54, 1.807) is 17.0 Å². The molecule has 0 aromatic heterocycles. The Kier molecular flexibility index (Phi) is 8.85. The molecular weight excluding hydrogens is 484 g/mol. The van der Waals surface area contributed by atoms with E-state index in [2.05, 4.69) is 12.2 Å². The third-order valence-electron chi connectivity index (χ3n) is 7.94. The number of nitrogens with zero attached hydrogens (tertiary/aromatic N) is 1. The second kappa shape index (κ2) is 11.9. The first-order valence-electron chi connectivity index (χ1n) is 13.4. The van der Waals surface area contributed by atoms with Gasteiger partial charge in [-0.25, -0.2) is 0 Å². The quantitative estimate of drug-likeness (QED) is 0.427. The average molecular weight is 525 g/mol. The van der Waals surface area contributed by atoms with Crippen molar-refractivity contribution in [1.29, 1.82) is 0 Å². The van der Waals surface area contributed by atoms with Crippen molar-refractivity contribution in [2.75, 3.05) is 18.5 Å². The lowest BCUT2D eigenvalue weighted by Crippen LogP contribution is -2.43. The van der Waals surface area contributed by atoms with E-state index in [9.17, 15) is 19.5 Å². The number of aliphatic hydroxyl groups excluding tert-OH is 1. The van der Waals surface area contributed by atoms with E-state index >= 15 is 0 Å². The minimum absolute atomic E-state index is 0.00910. The number of rotatable bonds is 9. The molecule has 5 atom stereocenters. The monoisotopic (exact) mass is 524 g/mol. The van der Waals surface area contributed by atoms with Gasteiger partial charge in [0.1, 0.15) is 0 Å². The molecule has 2 aromatic rings. The molecule has 2 amide bonds. The fraction of sp³-hybridized carbons (Fsp3) is 0.517. The van der Waals surface area contributed by atoms with Crippen LogP contribution in [0.2, 0.25) is 18.6 Å². The van der Waals surface area contributed by atoms with Gasteiger partial charge in [0, 0.05) is 23.3 Å². The zero-order chi connectivity index (χ0) is 26.6. The van der Waals surface area contributed by atoms with Crippen molar-refractivity contribution < 1.29 is 24.2 Å². The summed E-state index contributed by atoms with van der Waals surface area (Å²) in [7, 11) is -2.58. The summed E-state index contributed by atoms with van der Waals surface area (Å²) in [6, 6.07) is 16.9. The summed E-state index contributed by atoms with van der Waals surface area (Å²) in [5.74, 6) is 0.00887. The van der Waals surface area contributed by atoms with Crippen LogP contribution in [0, 0.1) is 5.92 Å². The van der Waals surface area contributed by atoms with E-state index in [4.69, 9.17) is 4.74 Å². The Bertz CT molecular complexity index is 1070. The molecule has 0 spiro atoms. The van der Waals surface area contributed by atoms with Crippen LogP contribution in [0.4, 0.5) is 5.69 Å². The van der Waals surface area contributed by atoms with Crippen molar-refractivity contribution in [2.45, 2.75) is 75.9 Å². The highest BCUT2D eigenvalue weighted by Crippen LogP contribution is 2.45. The lowest BCUT2D eigenvalue weighted by Gasteiger charge is -2.31. The van der Waals surface area contributed by atoms with Gasteiger partial charge in [-0.2, -0.15) is 0 Å². The predicted octanol–water partition coefficient (Wildman–Crippen LogP) is 4.22. The molecular formula is C29H40N2O5Si. The maximum atomic E-state index is 13.1. The second-order valence-corrected chi connectivity index (χ2v) is 15.1. The summed E-state index contributed by atoms with van der Waals surface area (Å²) < 4.78 is 6.48. The zero-order valence-electron chi connectivity index (χ0n) is 22.1. The SMILES string of the molecule is C[C@@H]1[C@@H]([Si](C)(C)O)[C@H](CC(=O)N2CCC[C@H]2CO)O[C@@H]1CCc1cccc(NC(=O)c2ccccc2)c1. The highest BCUT2D eigenvalue weighted by Gasteiger charge is 2.50. The van der Waals surface area contributed by atoms with E-state index < -0.39 is 8.32 Å². The summed E-state index contributed by atoms with van der Waals surface area (Å²) in [4.78, 5) is 38.5. The molecule has 0 radical (unpaired) electrons. The molecule has 2 heterocycles. The summed E-state index contributed by atoms with van der Waals surface area (Å²) in [6.45, 7) is 6.67. The summed E-state index contributed by atoms with van der Waals surface area (Å²) in [5.41, 5.74) is 2.43. The van der Waals surface area contributed by atoms with Crippen LogP contribution < -0.4 is 5.32 Å². The van der Waals surface area contributed by atoms with Crippen LogP contribution in [-0.4, -0.2) is 66.3 Å². The minimum Gasteiger partial charge on any atom is -0.432 e. The van der Waals surface area contributed by atoms with E-state index in [0.717, 1.165) is 36.9 Å². The molecule has 4 rings (SSSR count). The van der Waals surface area contributed by atoms with Gasteiger partial charge in [-0.3, -0.25) is 9.59 Å². The third kappa shape index (κ3) is 6.68. The minimum atomic E-state index is -2.58. The van der Waals surface area contributed by atoms with Gasteiger partial charge in [-0.05, 0) is 74.5 Å². The summed E-state index contributed by atoms with van der Waals surface area (Å²) >= 11 is 0. The first-order chi connectivity index (χ1) is 17.7. The number of ether oxygens (including phenoxy) is 1. The van der Waals surface area contributed by atoms with Crippen molar-refractivity contribution in [3.63, 3.8) is 0 Å². The lowest BCUT2D eigenvalue weighted by atomic mass is 9.95. The van der Waals surface area contributed by atoms with Gasteiger partial charge in [0.2, 0.25) is 5.91 Å². The van der Waals surface area contributed by atoms with Gasteiger partial charge in [0.05, 0.1) is 31.3 Å². The van der Waals surface area contributed by atoms with Crippen molar-refractivity contribution in [3.05, 3.63) is 65.7 Å². The molecule has 3 N–H and O–H groups in total. The number of carbonyl (C=O) groups excluding carboxylic acids is 2. The zero-order valence-corrected chi connectivity index (χ0v) is 23.1. The number of likely N-dealkylation sites (tertiary alicyclic amines) is 1. The van der Waals surface area contributed by atoms with E-state index in [-0.39, 0.29) is 54.6 Å². The molecule has 2 fully saturated rings. The molecule has 2 saturated heterocycles. The largest absolute Gasteiger partial charge is 0.432 e. The van der Waals surface area contributed by atoms with Crippen LogP contribution in [0.3, 0.4) is 0 Å². The lowest BCUT2D eigenvalue weighted by molar-refractivity contribution is -0.135. The normalized spacial score (nSPS) is 25.9. The second-order valence-electron chi connectivity index (χ2n) is 11.1. The summed E-state index contributed by atoms with van der Waals surface area (Å²) in [5, 5.41) is 12.6. The first kappa shape index (κ1) is 27.5. The summed E-state index contributed by atoms with van der Waals surface area (Å²) in [6.07, 6.45) is 3.17. The van der Waals surface area contributed by atoms with Gasteiger partial charge >= 0.3 is 0 Å². The Labute approximate surface area is 221 Å². The molecule has 2 aliphatic rings. The molecule has 0 aliphatic carbocycles. The number of carbonyl (C=O) groups is 2. The smallest absolute Gasteiger partial charge is 0.255 e. The number of hydrogen-bond acceptors (Lipinski definition) is 5. The van der Waals surface area contributed by atoms with Crippen molar-refractivity contribution >= 4 is 25.8 Å². The first-order valence-corrected chi connectivity index (χ1v) is 16.4. The average Bonchev–Trinajstić information content (AvgIpc) is 3.47. The van der Waals surface area contributed by atoms with Crippen LogP contribution >= 0.6 is 0 Å². The molecule has 0 unspecified atom stereocenters. The Hall–Kier alpha value is -2.52. The maximum absolute atomic E-state index is 13.1. The van der Waals surface area contributed by atoms with Crippen molar-refractivity contribution in [2.24, 2.45) is 5.92 Å². The van der Waals surface area contributed by atoms with Gasteiger partial charge < -0.3 is 24.9 Å². The van der Waals surface area contributed by atoms with Crippen LogP contribution in [0.5, 0.6) is 0 Å². The van der Waals surface area contributed by atoms with Crippen molar-refractivity contribution in [3.8, 4) is 0 Å². The predicted molar refractivity (Wildman–Crippen MR) is 147 cm³/mol. The van der Waals surface area contributed by atoms with E-state index in [1.165, 1.54) is 0 Å². The number of benzene rings is 2. The van der Waals surface area contributed by atoms with Crippen LogP contribution in [0.15, 0.2) is 54.6 Å². The highest BCUT2D eigenvalue weighted by molar-refractivity contribution is 6.71. The highest BCUT2D eigenvalue weighted by atomic mass is 28.4. The number of aliphatic hydroxyl groups is 1. The molecule has 0 saturated carbocycles. The number of nitrogens with one attached hydrogen (secondary N) is 1. The topological polar surface area (TPSA) is 99.1 Å². The fourth-order valence-electron chi connectivity index (χ4n) is 6.16. The van der Waals surface area contributed by atoms with Crippen molar-refractivity contribution in [1.82, 2.24) is 4.90 Å². The number of hydrogen-bond donors (Lipinski definition) is 3. The number of amides is 2. The Morgan fingerprint density at radius 2 is 1.86 bits per heavy atom. The molecule has 2 aliphatic heterocycles. The van der Waals surface area contributed by atoms with E-state index in [1.807, 2.05) is 55.6 Å². The number of aryl methyl sites for hydroxylation is 1. The van der Waals surface area contributed by atoms with Crippen LogP contribution in [0.1, 0.15) is 48.5 Å². The Morgan fingerprint density at radius 1 is 1.11 bits per heavy atom. The standard InChI is InChI=1S/C29H40N2O5Si/c1-20-25(15-14-21-9-7-12-23(17-21)30-29(34)22-10-5-4-6-11-22)36-26(28(20)37(2,3)35)18-27(33)31-16-8-13-24(31)19-32/h4-7,9-12,17,20,24-26,28,32,35H,8,13-16,18-19H2,1-3H3,(H,30,34)/t20-,24-,25+,26-,28+/m0/s1. The molecule has 7 nitrogen and oxygen atoms in total. The third-order valence-corrected chi connectivity index (χ3v) is 10.5.